The van der Waals surface area contributed by atoms with Gasteiger partial charge in [-0.3, -0.25) is 4.79 Å². The maximum absolute atomic E-state index is 12.1. The number of carbonyl (C=O) groups excluding carboxylic acids is 1. The first-order valence-electron chi connectivity index (χ1n) is 5.53. The van der Waals surface area contributed by atoms with Gasteiger partial charge < -0.3 is 5.32 Å². The maximum Gasteiger partial charge on any atom is 0.271 e. The Bertz CT molecular complexity index is 530. The number of amides is 1. The molecule has 0 saturated carbocycles. The quantitative estimate of drug-likeness (QED) is 0.939. The van der Waals surface area contributed by atoms with Crippen LogP contribution in [-0.4, -0.2) is 15.9 Å². The lowest BCUT2D eigenvalue weighted by Gasteiger charge is -2.14. The Morgan fingerprint density at radius 1 is 1.50 bits per heavy atom. The molecule has 1 N–H and O–H groups in total. The number of hydrogen-bond acceptors (Lipinski definition) is 4. The zero-order valence-electron chi connectivity index (χ0n) is 9.76. The van der Waals surface area contributed by atoms with Crippen LogP contribution in [0, 0.1) is 0 Å². The highest BCUT2D eigenvalue weighted by molar-refractivity contribution is 9.10. The van der Waals surface area contributed by atoms with Gasteiger partial charge in [-0.1, -0.05) is 6.92 Å². The molecule has 1 amide bonds. The predicted octanol–water partition coefficient (Wildman–Crippen LogP) is 3.18. The monoisotopic (exact) mass is 325 g/mol. The van der Waals surface area contributed by atoms with Crippen molar-refractivity contribution in [3.8, 4) is 0 Å². The first kappa shape index (κ1) is 13.2. The fourth-order valence-electron chi connectivity index (χ4n) is 1.52. The van der Waals surface area contributed by atoms with Crippen molar-refractivity contribution in [3.63, 3.8) is 0 Å². The average molecular weight is 326 g/mol. The van der Waals surface area contributed by atoms with Gasteiger partial charge in [0.15, 0.2) is 0 Å². The molecule has 0 aliphatic heterocycles. The summed E-state index contributed by atoms with van der Waals surface area (Å²) >= 11 is 4.86. The highest BCUT2D eigenvalue weighted by Gasteiger charge is 2.18. The average Bonchev–Trinajstić information content (AvgIpc) is 2.90. The number of halogens is 1. The van der Waals surface area contributed by atoms with Gasteiger partial charge >= 0.3 is 0 Å². The van der Waals surface area contributed by atoms with Gasteiger partial charge in [0.25, 0.3) is 5.91 Å². The van der Waals surface area contributed by atoms with Crippen molar-refractivity contribution >= 4 is 33.2 Å². The van der Waals surface area contributed by atoms with Gasteiger partial charge in [-0.15, -0.1) is 11.3 Å². The lowest BCUT2D eigenvalue weighted by molar-refractivity contribution is 0.0929. The van der Waals surface area contributed by atoms with Gasteiger partial charge in [0, 0.05) is 22.2 Å². The van der Waals surface area contributed by atoms with Crippen LogP contribution in [0.2, 0.25) is 0 Å². The highest BCUT2D eigenvalue weighted by atomic mass is 79.9. The molecule has 94 valence electrons. The molecule has 2 rings (SSSR count). The molecule has 1 unspecified atom stereocenters. The summed E-state index contributed by atoms with van der Waals surface area (Å²) in [6.45, 7) is 2.01. The molecule has 0 aliphatic carbocycles. The molecule has 0 radical (unpaired) electrons. The summed E-state index contributed by atoms with van der Waals surface area (Å²) in [5.41, 5.74) is 0.396. The number of thiazole rings is 1. The van der Waals surface area contributed by atoms with E-state index in [0.29, 0.717) is 10.2 Å². The Morgan fingerprint density at radius 2 is 2.33 bits per heavy atom. The summed E-state index contributed by atoms with van der Waals surface area (Å²) in [5.74, 6) is -0.190. The molecule has 18 heavy (non-hydrogen) atoms. The summed E-state index contributed by atoms with van der Waals surface area (Å²) in [4.78, 5) is 20.4. The molecule has 0 bridgehead atoms. The molecule has 0 spiro atoms. The molecule has 2 aromatic heterocycles. The Labute approximate surface area is 118 Å². The molecule has 0 aromatic carbocycles. The van der Waals surface area contributed by atoms with Gasteiger partial charge in [0.05, 0.1) is 6.04 Å². The number of rotatable bonds is 4. The fourth-order valence-corrected chi connectivity index (χ4v) is 2.73. The van der Waals surface area contributed by atoms with Crippen LogP contribution in [0.3, 0.4) is 0 Å². The molecule has 2 heterocycles. The van der Waals surface area contributed by atoms with Crippen LogP contribution in [-0.2, 0) is 0 Å². The Hall–Kier alpha value is -1.27. The minimum Gasteiger partial charge on any atom is -0.341 e. The topological polar surface area (TPSA) is 54.9 Å². The van der Waals surface area contributed by atoms with E-state index in [1.165, 1.54) is 11.3 Å². The van der Waals surface area contributed by atoms with Gasteiger partial charge in [-0.25, -0.2) is 9.97 Å². The minimum absolute atomic E-state index is 0.0635. The van der Waals surface area contributed by atoms with Gasteiger partial charge in [0.2, 0.25) is 0 Å². The molecule has 1 atom stereocenters. The molecule has 2 aromatic rings. The second-order valence-electron chi connectivity index (χ2n) is 3.64. The van der Waals surface area contributed by atoms with Crippen LogP contribution in [0.25, 0.3) is 0 Å². The van der Waals surface area contributed by atoms with Crippen LogP contribution >= 0.6 is 27.3 Å². The Morgan fingerprint density at radius 3 is 2.94 bits per heavy atom. The second-order valence-corrected chi connectivity index (χ2v) is 5.42. The van der Waals surface area contributed by atoms with Crippen molar-refractivity contribution in [2.75, 3.05) is 0 Å². The third-order valence-electron chi connectivity index (χ3n) is 2.44. The van der Waals surface area contributed by atoms with E-state index in [2.05, 4.69) is 31.2 Å². The van der Waals surface area contributed by atoms with Crippen molar-refractivity contribution < 1.29 is 4.79 Å². The number of carbonyl (C=O) groups is 1. The highest BCUT2D eigenvalue weighted by Crippen LogP contribution is 2.20. The van der Waals surface area contributed by atoms with Gasteiger partial charge in [-0.2, -0.15) is 0 Å². The van der Waals surface area contributed by atoms with Crippen LogP contribution in [0.4, 0.5) is 0 Å². The molecular weight excluding hydrogens is 314 g/mol. The van der Waals surface area contributed by atoms with E-state index in [-0.39, 0.29) is 11.9 Å². The predicted molar refractivity (Wildman–Crippen MR) is 74.5 cm³/mol. The van der Waals surface area contributed by atoms with E-state index in [9.17, 15) is 4.79 Å². The van der Waals surface area contributed by atoms with Crippen LogP contribution in [0.15, 0.2) is 34.4 Å². The zero-order chi connectivity index (χ0) is 13.0. The second kappa shape index (κ2) is 6.06. The minimum atomic E-state index is -0.190. The van der Waals surface area contributed by atoms with Crippen molar-refractivity contribution in [3.05, 3.63) is 45.1 Å². The number of nitrogens with one attached hydrogen (secondary N) is 1. The largest absolute Gasteiger partial charge is 0.341 e. The van der Waals surface area contributed by atoms with Crippen LogP contribution in [0.5, 0.6) is 0 Å². The first-order chi connectivity index (χ1) is 8.72. The molecular formula is C12H12BrN3OS. The molecule has 0 aliphatic rings. The summed E-state index contributed by atoms with van der Waals surface area (Å²) in [6.07, 6.45) is 4.14. The van der Waals surface area contributed by atoms with E-state index >= 15 is 0 Å². The molecule has 6 heteroatoms. The van der Waals surface area contributed by atoms with Crippen molar-refractivity contribution in [1.29, 1.82) is 0 Å². The standard InChI is InChI=1S/C12H12BrN3OS/c1-2-9(12-15-6-7-18-12)16-11(17)10-8(13)4-3-5-14-10/h3-7,9H,2H2,1H3,(H,16,17). The van der Waals surface area contributed by atoms with Crippen LogP contribution in [0.1, 0.15) is 34.9 Å². The van der Waals surface area contributed by atoms with E-state index in [4.69, 9.17) is 0 Å². The Balaban J connectivity index is 2.14. The number of aromatic nitrogens is 2. The van der Waals surface area contributed by atoms with E-state index in [1.807, 2.05) is 12.3 Å². The maximum atomic E-state index is 12.1. The molecule has 0 fully saturated rings. The summed E-state index contributed by atoms with van der Waals surface area (Å²) in [6, 6.07) is 3.51. The number of pyridine rings is 1. The summed E-state index contributed by atoms with van der Waals surface area (Å²) in [7, 11) is 0. The summed E-state index contributed by atoms with van der Waals surface area (Å²) in [5, 5.41) is 5.76. The smallest absolute Gasteiger partial charge is 0.271 e. The number of hydrogen-bond donors (Lipinski definition) is 1. The lowest BCUT2D eigenvalue weighted by atomic mass is 10.2. The Kier molecular flexibility index (Phi) is 4.43. The van der Waals surface area contributed by atoms with Crippen molar-refractivity contribution in [2.24, 2.45) is 0 Å². The van der Waals surface area contributed by atoms with Gasteiger partial charge in [0.1, 0.15) is 10.7 Å². The van der Waals surface area contributed by atoms with Crippen molar-refractivity contribution in [2.45, 2.75) is 19.4 Å². The first-order valence-corrected chi connectivity index (χ1v) is 7.20. The SMILES string of the molecule is CCC(NC(=O)c1ncccc1Br)c1nccs1. The van der Waals surface area contributed by atoms with Crippen LogP contribution < -0.4 is 5.32 Å². The van der Waals surface area contributed by atoms with E-state index in [0.717, 1.165) is 11.4 Å². The fraction of sp³-hybridized carbons (Fsp3) is 0.250. The lowest BCUT2D eigenvalue weighted by Crippen LogP contribution is -2.29. The van der Waals surface area contributed by atoms with E-state index in [1.54, 1.807) is 24.5 Å². The summed E-state index contributed by atoms with van der Waals surface area (Å²) < 4.78 is 0.691. The van der Waals surface area contributed by atoms with Crippen molar-refractivity contribution in [1.82, 2.24) is 15.3 Å². The molecule has 4 nitrogen and oxygen atoms in total. The van der Waals surface area contributed by atoms with Gasteiger partial charge in [-0.05, 0) is 34.5 Å². The zero-order valence-corrected chi connectivity index (χ0v) is 12.2. The third-order valence-corrected chi connectivity index (χ3v) is 3.97. The molecule has 0 saturated heterocycles. The van der Waals surface area contributed by atoms with E-state index < -0.39 is 0 Å². The normalized spacial score (nSPS) is 12.1. The number of nitrogens with zero attached hydrogens (tertiary/aromatic N) is 2. The third kappa shape index (κ3) is 2.94.